The summed E-state index contributed by atoms with van der Waals surface area (Å²) in [6.07, 6.45) is 1.16. The summed E-state index contributed by atoms with van der Waals surface area (Å²) < 4.78 is 11.3. The van der Waals surface area contributed by atoms with Crippen LogP contribution in [0.2, 0.25) is 0 Å². The molecule has 0 amide bonds. The van der Waals surface area contributed by atoms with E-state index in [1.165, 1.54) is 0 Å². The van der Waals surface area contributed by atoms with Gasteiger partial charge in [0.1, 0.15) is 0 Å². The van der Waals surface area contributed by atoms with Crippen molar-refractivity contribution < 1.29 is 9.47 Å². The van der Waals surface area contributed by atoms with Crippen LogP contribution in [0, 0.1) is 18.3 Å². The predicted molar refractivity (Wildman–Crippen MR) is 83.0 cm³/mol. The lowest BCUT2D eigenvalue weighted by Crippen LogP contribution is -2.03. The summed E-state index contributed by atoms with van der Waals surface area (Å²) in [5, 5.41) is 9.76. The molecule has 1 aromatic heterocycles. The maximum absolute atomic E-state index is 8.75. The zero-order chi connectivity index (χ0) is 15.1. The van der Waals surface area contributed by atoms with Gasteiger partial charge in [-0.3, -0.25) is 0 Å². The fraction of sp³-hybridized carbons (Fsp3) is 0.375. The molecule has 110 valence electrons. The lowest BCUT2D eigenvalue weighted by atomic mass is 10.3. The summed E-state index contributed by atoms with van der Waals surface area (Å²) in [6, 6.07) is 9.82. The molecule has 1 heterocycles. The van der Waals surface area contributed by atoms with E-state index < -0.39 is 0 Å². The minimum absolute atomic E-state index is 0.428. The second-order valence-electron chi connectivity index (χ2n) is 4.43. The van der Waals surface area contributed by atoms with E-state index >= 15 is 0 Å². The highest BCUT2D eigenvalue weighted by Gasteiger charge is 2.08. The third kappa shape index (κ3) is 4.20. The van der Waals surface area contributed by atoms with Crippen molar-refractivity contribution in [3.63, 3.8) is 0 Å². The summed E-state index contributed by atoms with van der Waals surface area (Å²) in [4.78, 5) is 5.52. The predicted octanol–water partition coefficient (Wildman–Crippen LogP) is 3.54. The molecule has 0 bridgehead atoms. The van der Waals surface area contributed by atoms with E-state index in [-0.39, 0.29) is 0 Å². The van der Waals surface area contributed by atoms with Crippen LogP contribution in [0.25, 0.3) is 0 Å². The summed E-state index contributed by atoms with van der Waals surface area (Å²) in [6.45, 7) is 5.05. The second-order valence-corrected chi connectivity index (χ2v) is 5.60. The molecule has 0 N–H and O–H groups in total. The molecule has 0 radical (unpaired) electrons. The lowest BCUT2D eigenvalue weighted by Gasteiger charge is -2.10. The van der Waals surface area contributed by atoms with Crippen molar-refractivity contribution in [2.24, 2.45) is 0 Å². The molecule has 0 aliphatic heterocycles. The van der Waals surface area contributed by atoms with Crippen molar-refractivity contribution in [2.75, 3.05) is 13.2 Å². The third-order valence-electron chi connectivity index (χ3n) is 2.90. The standard InChI is InChI=1S/C16H18N2O2S/c1-3-19-13-6-4-5-7-14(13)20-11-9-16-18-12(2)15(21-16)8-10-17/h4-7H,3,8-9,11H2,1-2H3. The first kappa shape index (κ1) is 15.3. The largest absolute Gasteiger partial charge is 0.490 e. The molecule has 0 spiro atoms. The number of para-hydroxylation sites is 2. The topological polar surface area (TPSA) is 55.1 Å². The van der Waals surface area contributed by atoms with Gasteiger partial charge in [-0.15, -0.1) is 11.3 Å². The number of hydrogen-bond donors (Lipinski definition) is 0. The van der Waals surface area contributed by atoms with Gasteiger partial charge in [-0.1, -0.05) is 12.1 Å². The van der Waals surface area contributed by atoms with E-state index in [2.05, 4.69) is 11.1 Å². The summed E-state index contributed by atoms with van der Waals surface area (Å²) in [5.74, 6) is 1.52. The Morgan fingerprint density at radius 2 is 1.95 bits per heavy atom. The molecule has 0 unspecified atom stereocenters. The average Bonchev–Trinajstić information content (AvgIpc) is 2.82. The zero-order valence-corrected chi connectivity index (χ0v) is 13.1. The lowest BCUT2D eigenvalue weighted by molar-refractivity contribution is 0.279. The van der Waals surface area contributed by atoms with E-state index in [1.807, 2.05) is 38.1 Å². The quantitative estimate of drug-likeness (QED) is 0.785. The highest BCUT2D eigenvalue weighted by Crippen LogP contribution is 2.26. The second kappa shape index (κ2) is 7.65. The minimum Gasteiger partial charge on any atom is -0.490 e. The molecule has 1 aromatic carbocycles. The number of nitriles is 1. The molecular weight excluding hydrogens is 284 g/mol. The molecule has 2 aromatic rings. The van der Waals surface area contributed by atoms with Crippen LogP contribution in [0.15, 0.2) is 24.3 Å². The zero-order valence-electron chi connectivity index (χ0n) is 12.3. The van der Waals surface area contributed by atoms with Gasteiger partial charge >= 0.3 is 0 Å². The number of aryl methyl sites for hydroxylation is 1. The van der Waals surface area contributed by atoms with E-state index in [1.54, 1.807) is 11.3 Å². The van der Waals surface area contributed by atoms with Crippen LogP contribution in [-0.4, -0.2) is 18.2 Å². The van der Waals surface area contributed by atoms with E-state index in [0.29, 0.717) is 19.6 Å². The van der Waals surface area contributed by atoms with Gasteiger partial charge in [-0.25, -0.2) is 4.98 Å². The first-order valence-electron chi connectivity index (χ1n) is 6.91. The van der Waals surface area contributed by atoms with Crippen LogP contribution in [-0.2, 0) is 12.8 Å². The van der Waals surface area contributed by atoms with Gasteiger partial charge in [0.15, 0.2) is 11.5 Å². The molecule has 5 heteroatoms. The Balaban J connectivity index is 1.93. The van der Waals surface area contributed by atoms with Crippen LogP contribution >= 0.6 is 11.3 Å². The average molecular weight is 302 g/mol. The van der Waals surface area contributed by atoms with Crippen molar-refractivity contribution in [1.82, 2.24) is 4.98 Å². The van der Waals surface area contributed by atoms with Gasteiger partial charge in [0.2, 0.25) is 0 Å². The molecule has 0 saturated heterocycles. The molecule has 0 saturated carbocycles. The molecule has 2 rings (SSSR count). The normalized spacial score (nSPS) is 10.1. The summed E-state index contributed by atoms with van der Waals surface area (Å²) >= 11 is 1.59. The Labute approximate surface area is 129 Å². The molecule has 0 atom stereocenters. The SMILES string of the molecule is CCOc1ccccc1OCCc1nc(C)c(CC#N)s1. The van der Waals surface area contributed by atoms with Crippen LogP contribution < -0.4 is 9.47 Å². The fourth-order valence-electron chi connectivity index (χ4n) is 1.92. The Hall–Kier alpha value is -2.06. The van der Waals surface area contributed by atoms with Gasteiger partial charge in [0.25, 0.3) is 0 Å². The molecular formula is C16H18N2O2S. The van der Waals surface area contributed by atoms with Crippen LogP contribution in [0.3, 0.4) is 0 Å². The van der Waals surface area contributed by atoms with Gasteiger partial charge in [-0.2, -0.15) is 5.26 Å². The minimum atomic E-state index is 0.428. The Bertz CT molecular complexity index is 631. The van der Waals surface area contributed by atoms with Crippen molar-refractivity contribution in [3.8, 4) is 17.6 Å². The van der Waals surface area contributed by atoms with Crippen molar-refractivity contribution in [2.45, 2.75) is 26.7 Å². The summed E-state index contributed by atoms with van der Waals surface area (Å²) in [5.41, 5.74) is 0.950. The monoisotopic (exact) mass is 302 g/mol. The maximum Gasteiger partial charge on any atom is 0.161 e. The highest BCUT2D eigenvalue weighted by atomic mass is 32.1. The van der Waals surface area contributed by atoms with Gasteiger partial charge in [0.05, 0.1) is 36.4 Å². The van der Waals surface area contributed by atoms with E-state index in [0.717, 1.165) is 33.5 Å². The number of benzene rings is 1. The smallest absolute Gasteiger partial charge is 0.161 e. The van der Waals surface area contributed by atoms with E-state index in [9.17, 15) is 0 Å². The van der Waals surface area contributed by atoms with Gasteiger partial charge in [-0.05, 0) is 26.0 Å². The molecule has 0 aliphatic carbocycles. The molecule has 21 heavy (non-hydrogen) atoms. The molecule has 0 fully saturated rings. The number of hydrogen-bond acceptors (Lipinski definition) is 5. The van der Waals surface area contributed by atoms with Crippen LogP contribution in [0.1, 0.15) is 22.5 Å². The first-order chi connectivity index (χ1) is 10.2. The number of thiazole rings is 1. The van der Waals surface area contributed by atoms with Gasteiger partial charge in [0, 0.05) is 11.3 Å². The van der Waals surface area contributed by atoms with Crippen LogP contribution in [0.4, 0.5) is 0 Å². The van der Waals surface area contributed by atoms with Crippen LogP contribution in [0.5, 0.6) is 11.5 Å². The van der Waals surface area contributed by atoms with E-state index in [4.69, 9.17) is 14.7 Å². The highest BCUT2D eigenvalue weighted by molar-refractivity contribution is 7.11. The van der Waals surface area contributed by atoms with Crippen molar-refractivity contribution >= 4 is 11.3 Å². The number of nitrogens with zero attached hydrogens (tertiary/aromatic N) is 2. The summed E-state index contributed by atoms with van der Waals surface area (Å²) in [7, 11) is 0. The Kier molecular flexibility index (Phi) is 5.59. The van der Waals surface area contributed by atoms with Crippen molar-refractivity contribution in [3.05, 3.63) is 39.8 Å². The number of rotatable bonds is 7. The third-order valence-corrected chi connectivity index (χ3v) is 4.12. The van der Waals surface area contributed by atoms with Gasteiger partial charge < -0.3 is 9.47 Å². The Morgan fingerprint density at radius 3 is 2.62 bits per heavy atom. The molecule has 0 aliphatic rings. The maximum atomic E-state index is 8.75. The fourth-order valence-corrected chi connectivity index (χ4v) is 2.91. The first-order valence-corrected chi connectivity index (χ1v) is 7.73. The van der Waals surface area contributed by atoms with Crippen molar-refractivity contribution in [1.29, 1.82) is 5.26 Å². The number of aromatic nitrogens is 1. The number of ether oxygens (including phenoxy) is 2. The molecule has 4 nitrogen and oxygen atoms in total. The Morgan fingerprint density at radius 1 is 1.24 bits per heavy atom.